The minimum Gasteiger partial charge on any atom is -0.385 e. The monoisotopic (exact) mass is 261 g/mol. The summed E-state index contributed by atoms with van der Waals surface area (Å²) < 4.78 is 0. The Hall–Kier alpha value is -0.860. The molecule has 2 heteroatoms. The Labute approximate surface area is 117 Å². The van der Waals surface area contributed by atoms with Crippen LogP contribution >= 0.6 is 0 Å². The summed E-state index contributed by atoms with van der Waals surface area (Å²) in [6, 6.07) is 10.3. The van der Waals surface area contributed by atoms with E-state index in [1.807, 2.05) is 18.2 Å². The van der Waals surface area contributed by atoms with Crippen LogP contribution in [0, 0.1) is 5.92 Å². The standard InChI is InChI=1S/C17H27NO/c1-18(2)14-8-13-17(19,16-11-6-7-12-16)15-9-4-3-5-10-15/h3-5,9-10,16,19H,6-8,11-14H2,1-2H3. The smallest absolute Gasteiger partial charge is 0.0925 e. The summed E-state index contributed by atoms with van der Waals surface area (Å²) in [6.07, 6.45) is 6.82. The zero-order chi connectivity index (χ0) is 13.7. The predicted octanol–water partition coefficient (Wildman–Crippen LogP) is 3.41. The highest BCUT2D eigenvalue weighted by molar-refractivity contribution is 5.23. The van der Waals surface area contributed by atoms with Crippen molar-refractivity contribution in [1.82, 2.24) is 4.90 Å². The third-order valence-electron chi connectivity index (χ3n) is 4.47. The molecule has 1 aliphatic rings. The van der Waals surface area contributed by atoms with Gasteiger partial charge in [-0.2, -0.15) is 0 Å². The van der Waals surface area contributed by atoms with Crippen molar-refractivity contribution < 1.29 is 5.11 Å². The molecule has 2 rings (SSSR count). The number of hydrogen-bond donors (Lipinski definition) is 1. The molecule has 1 atom stereocenters. The number of benzene rings is 1. The molecule has 0 amide bonds. The van der Waals surface area contributed by atoms with E-state index in [0.29, 0.717) is 5.92 Å². The van der Waals surface area contributed by atoms with E-state index in [-0.39, 0.29) is 0 Å². The second-order valence-corrected chi connectivity index (χ2v) is 6.18. The van der Waals surface area contributed by atoms with Gasteiger partial charge in [-0.15, -0.1) is 0 Å². The van der Waals surface area contributed by atoms with Gasteiger partial charge in [0.15, 0.2) is 0 Å². The maximum atomic E-state index is 11.3. The minimum atomic E-state index is -0.617. The van der Waals surface area contributed by atoms with Gasteiger partial charge in [0.1, 0.15) is 0 Å². The topological polar surface area (TPSA) is 23.5 Å². The minimum absolute atomic E-state index is 0.442. The number of rotatable bonds is 6. The summed E-state index contributed by atoms with van der Waals surface area (Å²) in [6.45, 7) is 1.04. The van der Waals surface area contributed by atoms with Gasteiger partial charge in [-0.05, 0) is 57.8 Å². The maximum Gasteiger partial charge on any atom is 0.0925 e. The van der Waals surface area contributed by atoms with Crippen molar-refractivity contribution in [1.29, 1.82) is 0 Å². The lowest BCUT2D eigenvalue weighted by Crippen LogP contribution is -2.34. The van der Waals surface area contributed by atoms with Crippen molar-refractivity contribution in [2.24, 2.45) is 5.92 Å². The van der Waals surface area contributed by atoms with E-state index in [1.54, 1.807) is 0 Å². The van der Waals surface area contributed by atoms with Gasteiger partial charge in [0.25, 0.3) is 0 Å². The maximum absolute atomic E-state index is 11.3. The zero-order valence-corrected chi connectivity index (χ0v) is 12.3. The summed E-state index contributed by atoms with van der Waals surface area (Å²) in [5.74, 6) is 0.442. The molecule has 19 heavy (non-hydrogen) atoms. The Morgan fingerprint density at radius 3 is 2.37 bits per heavy atom. The van der Waals surface area contributed by atoms with Crippen LogP contribution in [0.15, 0.2) is 30.3 Å². The molecule has 1 aromatic carbocycles. The van der Waals surface area contributed by atoms with Crippen LogP contribution in [-0.2, 0) is 5.60 Å². The number of nitrogens with zero attached hydrogens (tertiary/aromatic N) is 1. The van der Waals surface area contributed by atoms with Crippen LogP contribution in [0.1, 0.15) is 44.1 Å². The fraction of sp³-hybridized carbons (Fsp3) is 0.647. The third kappa shape index (κ3) is 3.58. The fourth-order valence-corrected chi connectivity index (χ4v) is 3.38. The van der Waals surface area contributed by atoms with Crippen molar-refractivity contribution in [3.63, 3.8) is 0 Å². The lowest BCUT2D eigenvalue weighted by atomic mass is 9.77. The first-order valence-electron chi connectivity index (χ1n) is 7.55. The van der Waals surface area contributed by atoms with E-state index < -0.39 is 5.60 Å². The van der Waals surface area contributed by atoms with Gasteiger partial charge in [0.2, 0.25) is 0 Å². The molecule has 0 spiro atoms. The van der Waals surface area contributed by atoms with Crippen molar-refractivity contribution in [2.75, 3.05) is 20.6 Å². The molecular formula is C17H27NO. The number of aliphatic hydroxyl groups is 1. The van der Waals surface area contributed by atoms with Crippen LogP contribution in [0.25, 0.3) is 0 Å². The highest BCUT2D eigenvalue weighted by Crippen LogP contribution is 2.43. The molecule has 1 saturated carbocycles. The molecule has 1 aliphatic carbocycles. The molecule has 1 aromatic rings. The fourth-order valence-electron chi connectivity index (χ4n) is 3.38. The lowest BCUT2D eigenvalue weighted by molar-refractivity contribution is -0.0326. The summed E-state index contributed by atoms with van der Waals surface area (Å²) >= 11 is 0. The van der Waals surface area contributed by atoms with Crippen LogP contribution in [0.5, 0.6) is 0 Å². The highest BCUT2D eigenvalue weighted by Gasteiger charge is 2.39. The number of hydrogen-bond acceptors (Lipinski definition) is 2. The summed E-state index contributed by atoms with van der Waals surface area (Å²) in [7, 11) is 4.19. The van der Waals surface area contributed by atoms with Gasteiger partial charge in [-0.3, -0.25) is 0 Å². The SMILES string of the molecule is CN(C)CCCC(O)(c1ccccc1)C1CCCC1. The van der Waals surface area contributed by atoms with E-state index in [0.717, 1.165) is 24.9 Å². The molecule has 0 saturated heterocycles. The molecule has 1 N–H and O–H groups in total. The van der Waals surface area contributed by atoms with Gasteiger partial charge in [-0.1, -0.05) is 43.2 Å². The molecule has 0 heterocycles. The van der Waals surface area contributed by atoms with Crippen LogP contribution in [-0.4, -0.2) is 30.6 Å². The van der Waals surface area contributed by atoms with Crippen LogP contribution in [0.4, 0.5) is 0 Å². The first-order chi connectivity index (χ1) is 9.13. The van der Waals surface area contributed by atoms with Crippen molar-refractivity contribution in [3.8, 4) is 0 Å². The van der Waals surface area contributed by atoms with Gasteiger partial charge < -0.3 is 10.0 Å². The van der Waals surface area contributed by atoms with E-state index in [1.165, 1.54) is 25.7 Å². The lowest BCUT2D eigenvalue weighted by Gasteiger charge is -2.35. The molecule has 106 valence electrons. The van der Waals surface area contributed by atoms with Gasteiger partial charge in [0, 0.05) is 0 Å². The summed E-state index contributed by atoms with van der Waals surface area (Å²) in [4.78, 5) is 2.19. The zero-order valence-electron chi connectivity index (χ0n) is 12.3. The molecule has 1 fully saturated rings. The van der Waals surface area contributed by atoms with E-state index in [4.69, 9.17) is 0 Å². The molecular weight excluding hydrogens is 234 g/mol. The highest BCUT2D eigenvalue weighted by atomic mass is 16.3. The first-order valence-corrected chi connectivity index (χ1v) is 7.55. The molecule has 0 aromatic heterocycles. The van der Waals surface area contributed by atoms with Gasteiger partial charge in [-0.25, -0.2) is 0 Å². The molecule has 0 radical (unpaired) electrons. The summed E-state index contributed by atoms with van der Waals surface area (Å²) in [5.41, 5.74) is 0.494. The Kier molecular flexibility index (Phi) is 5.00. The largest absolute Gasteiger partial charge is 0.385 e. The Balaban J connectivity index is 2.12. The van der Waals surface area contributed by atoms with Crippen molar-refractivity contribution >= 4 is 0 Å². The third-order valence-corrected chi connectivity index (χ3v) is 4.47. The summed E-state index contributed by atoms with van der Waals surface area (Å²) in [5, 5.41) is 11.3. The molecule has 0 aliphatic heterocycles. The second kappa shape index (κ2) is 6.53. The average Bonchev–Trinajstić information content (AvgIpc) is 2.93. The van der Waals surface area contributed by atoms with Crippen LogP contribution in [0.3, 0.4) is 0 Å². The van der Waals surface area contributed by atoms with E-state index >= 15 is 0 Å². The van der Waals surface area contributed by atoms with Gasteiger partial charge in [0.05, 0.1) is 5.60 Å². The molecule has 1 unspecified atom stereocenters. The first kappa shape index (κ1) is 14.5. The molecule has 0 bridgehead atoms. The van der Waals surface area contributed by atoms with Crippen molar-refractivity contribution in [2.45, 2.75) is 44.1 Å². The van der Waals surface area contributed by atoms with Crippen LogP contribution < -0.4 is 0 Å². The normalized spacial score (nSPS) is 19.8. The second-order valence-electron chi connectivity index (χ2n) is 6.18. The van der Waals surface area contributed by atoms with Gasteiger partial charge >= 0.3 is 0 Å². The quantitative estimate of drug-likeness (QED) is 0.848. The van der Waals surface area contributed by atoms with Crippen molar-refractivity contribution in [3.05, 3.63) is 35.9 Å². The molecule has 2 nitrogen and oxygen atoms in total. The Bertz CT molecular complexity index is 370. The Morgan fingerprint density at radius 2 is 1.79 bits per heavy atom. The van der Waals surface area contributed by atoms with E-state index in [9.17, 15) is 5.11 Å². The van der Waals surface area contributed by atoms with E-state index in [2.05, 4.69) is 31.1 Å². The van der Waals surface area contributed by atoms with Crippen LogP contribution in [0.2, 0.25) is 0 Å². The Morgan fingerprint density at radius 1 is 1.16 bits per heavy atom. The average molecular weight is 261 g/mol. The predicted molar refractivity (Wildman–Crippen MR) is 80.1 cm³/mol.